The average molecular weight is 235 g/mol. The second kappa shape index (κ2) is 4.71. The molecule has 0 spiro atoms. The first-order valence-electron chi connectivity index (χ1n) is 3.23. The van der Waals surface area contributed by atoms with Crippen molar-refractivity contribution in [3.8, 4) is 0 Å². The second-order valence-electron chi connectivity index (χ2n) is 2.22. The lowest BCUT2D eigenvalue weighted by atomic mass is 10.3. The number of hydrogen-bond acceptors (Lipinski definition) is 3. The SMILES string of the molecule is Cl.[N-]=[N+]=NS(=O)(=O)c1ccc(N)cc1. The van der Waals surface area contributed by atoms with Crippen molar-refractivity contribution in [2.45, 2.75) is 4.90 Å². The standard InChI is InChI=1S/C6H6N4O2S.ClH/c7-5-1-3-6(4-2-5)13(11,12)10-9-8;/h1-4H,7H2;1H. The molecule has 2 N–H and O–H groups in total. The summed E-state index contributed by atoms with van der Waals surface area (Å²) in [5.41, 5.74) is 13.8. The Labute approximate surface area is 86.8 Å². The highest BCUT2D eigenvalue weighted by Gasteiger charge is 2.10. The van der Waals surface area contributed by atoms with Gasteiger partial charge in [0, 0.05) is 15.1 Å². The Morgan fingerprint density at radius 3 is 2.21 bits per heavy atom. The highest BCUT2D eigenvalue weighted by molar-refractivity contribution is 7.90. The van der Waals surface area contributed by atoms with Gasteiger partial charge in [-0.1, -0.05) is 0 Å². The predicted molar refractivity (Wildman–Crippen MR) is 54.4 cm³/mol. The predicted octanol–water partition coefficient (Wildman–Crippen LogP) is 1.69. The molecular formula is C6H7ClN4O2S. The second-order valence-corrected chi connectivity index (χ2v) is 3.80. The Bertz CT molecular complexity index is 449. The minimum absolute atomic E-state index is 0. The minimum atomic E-state index is -3.87. The van der Waals surface area contributed by atoms with Crippen LogP contribution in [0.15, 0.2) is 33.7 Å². The number of anilines is 1. The first-order valence-corrected chi connectivity index (χ1v) is 4.67. The summed E-state index contributed by atoms with van der Waals surface area (Å²) in [4.78, 5) is 2.14. The normalized spacial score (nSPS) is 9.71. The van der Waals surface area contributed by atoms with E-state index in [1.807, 2.05) is 0 Å². The Balaban J connectivity index is 0.00000169. The number of rotatable bonds is 2. The number of benzene rings is 1. The van der Waals surface area contributed by atoms with E-state index in [0.717, 1.165) is 0 Å². The van der Waals surface area contributed by atoms with E-state index >= 15 is 0 Å². The first-order chi connectivity index (χ1) is 6.06. The van der Waals surface area contributed by atoms with Crippen molar-refractivity contribution in [1.29, 1.82) is 0 Å². The summed E-state index contributed by atoms with van der Waals surface area (Å²) in [6, 6.07) is 5.39. The summed E-state index contributed by atoms with van der Waals surface area (Å²) in [5.74, 6) is 0. The van der Waals surface area contributed by atoms with E-state index < -0.39 is 10.0 Å². The Morgan fingerprint density at radius 2 is 1.79 bits per heavy atom. The van der Waals surface area contributed by atoms with Crippen molar-refractivity contribution in [2.75, 3.05) is 5.73 Å². The molecule has 0 saturated heterocycles. The maximum absolute atomic E-state index is 11.1. The van der Waals surface area contributed by atoms with Crippen LogP contribution in [0.25, 0.3) is 10.4 Å². The van der Waals surface area contributed by atoms with Crippen molar-refractivity contribution in [3.63, 3.8) is 0 Å². The number of nitrogens with two attached hydrogens (primary N) is 1. The molecule has 0 aliphatic carbocycles. The lowest BCUT2D eigenvalue weighted by molar-refractivity contribution is 0.597. The van der Waals surface area contributed by atoms with Crippen LogP contribution in [0, 0.1) is 0 Å². The van der Waals surface area contributed by atoms with E-state index in [0.29, 0.717) is 5.69 Å². The van der Waals surface area contributed by atoms with Crippen LogP contribution < -0.4 is 5.73 Å². The monoisotopic (exact) mass is 234 g/mol. The Kier molecular flexibility index (Phi) is 4.23. The summed E-state index contributed by atoms with van der Waals surface area (Å²) >= 11 is 0. The van der Waals surface area contributed by atoms with Gasteiger partial charge in [0.15, 0.2) is 0 Å². The van der Waals surface area contributed by atoms with Crippen LogP contribution in [0.2, 0.25) is 0 Å². The van der Waals surface area contributed by atoms with Gasteiger partial charge in [-0.25, -0.2) is 8.42 Å². The zero-order valence-corrected chi connectivity index (χ0v) is 8.49. The Morgan fingerprint density at radius 1 is 1.29 bits per heavy atom. The van der Waals surface area contributed by atoms with Crippen molar-refractivity contribution >= 4 is 28.1 Å². The molecule has 0 amide bonds. The molecule has 0 saturated carbocycles. The first kappa shape index (κ1) is 12.6. The van der Waals surface area contributed by atoms with Gasteiger partial charge in [-0.3, -0.25) is 0 Å². The van der Waals surface area contributed by atoms with Gasteiger partial charge < -0.3 is 5.73 Å². The molecule has 1 rings (SSSR count). The van der Waals surface area contributed by atoms with Crippen molar-refractivity contribution in [2.24, 2.45) is 4.52 Å². The van der Waals surface area contributed by atoms with Crippen LogP contribution >= 0.6 is 12.4 Å². The van der Waals surface area contributed by atoms with Gasteiger partial charge in [0.1, 0.15) is 0 Å². The largest absolute Gasteiger partial charge is 0.399 e. The molecule has 0 unspecified atom stereocenters. The maximum atomic E-state index is 11.1. The fraction of sp³-hybridized carbons (Fsp3) is 0. The minimum Gasteiger partial charge on any atom is -0.399 e. The van der Waals surface area contributed by atoms with Gasteiger partial charge in [-0.15, -0.1) is 12.4 Å². The highest BCUT2D eigenvalue weighted by Crippen LogP contribution is 2.13. The van der Waals surface area contributed by atoms with Crippen LogP contribution in [0.5, 0.6) is 0 Å². The smallest absolute Gasteiger partial charge is 0.264 e. The van der Waals surface area contributed by atoms with Gasteiger partial charge in [0.05, 0.1) is 4.90 Å². The quantitative estimate of drug-likeness (QED) is 0.364. The Hall–Kier alpha value is -1.43. The third kappa shape index (κ3) is 2.81. The fourth-order valence-corrected chi connectivity index (χ4v) is 1.41. The van der Waals surface area contributed by atoms with Crippen LogP contribution in [0.4, 0.5) is 5.69 Å². The molecule has 0 fully saturated rings. The molecule has 6 nitrogen and oxygen atoms in total. The number of sulfonamides is 1. The van der Waals surface area contributed by atoms with Gasteiger partial charge in [-0.2, -0.15) is 0 Å². The summed E-state index contributed by atoms with van der Waals surface area (Å²) in [7, 11) is -3.87. The van der Waals surface area contributed by atoms with E-state index in [1.165, 1.54) is 24.3 Å². The molecule has 0 heterocycles. The van der Waals surface area contributed by atoms with Gasteiger partial charge in [-0.05, 0) is 29.8 Å². The zero-order chi connectivity index (χ0) is 9.90. The fourth-order valence-electron chi connectivity index (χ4n) is 0.735. The molecular weight excluding hydrogens is 228 g/mol. The zero-order valence-electron chi connectivity index (χ0n) is 6.86. The summed E-state index contributed by atoms with van der Waals surface area (Å²) < 4.78 is 24.8. The highest BCUT2D eigenvalue weighted by atomic mass is 35.5. The molecule has 0 aliphatic heterocycles. The molecule has 0 aliphatic rings. The van der Waals surface area contributed by atoms with Crippen LogP contribution in [-0.2, 0) is 10.0 Å². The molecule has 1 aromatic carbocycles. The number of hydrogen-bond donors (Lipinski definition) is 1. The van der Waals surface area contributed by atoms with Crippen molar-refractivity contribution in [3.05, 3.63) is 34.7 Å². The molecule has 1 aromatic rings. The lowest BCUT2D eigenvalue weighted by Gasteiger charge is -1.96. The number of nitrogens with zero attached hydrogens (tertiary/aromatic N) is 3. The molecule has 0 radical (unpaired) electrons. The number of azide groups is 1. The maximum Gasteiger partial charge on any atom is 0.264 e. The van der Waals surface area contributed by atoms with E-state index in [4.69, 9.17) is 11.3 Å². The third-order valence-electron chi connectivity index (χ3n) is 1.32. The average Bonchev–Trinajstić information content (AvgIpc) is 2.05. The van der Waals surface area contributed by atoms with Crippen LogP contribution in [0.1, 0.15) is 0 Å². The van der Waals surface area contributed by atoms with Gasteiger partial charge in [0.2, 0.25) is 0 Å². The van der Waals surface area contributed by atoms with E-state index in [9.17, 15) is 8.42 Å². The van der Waals surface area contributed by atoms with Gasteiger partial charge in [0.25, 0.3) is 10.0 Å². The van der Waals surface area contributed by atoms with Crippen LogP contribution in [0.3, 0.4) is 0 Å². The van der Waals surface area contributed by atoms with Crippen molar-refractivity contribution < 1.29 is 8.42 Å². The molecule has 0 bridgehead atoms. The molecule has 14 heavy (non-hydrogen) atoms. The van der Waals surface area contributed by atoms with E-state index in [2.05, 4.69) is 9.43 Å². The number of nitrogen functional groups attached to an aromatic ring is 1. The number of halogens is 1. The summed E-state index contributed by atoms with van der Waals surface area (Å²) in [5, 5.41) is 0. The summed E-state index contributed by atoms with van der Waals surface area (Å²) in [6.45, 7) is 0. The summed E-state index contributed by atoms with van der Waals surface area (Å²) in [6.07, 6.45) is 0. The molecule has 0 aromatic heterocycles. The van der Waals surface area contributed by atoms with E-state index in [-0.39, 0.29) is 17.3 Å². The lowest BCUT2D eigenvalue weighted by Crippen LogP contribution is -1.95. The van der Waals surface area contributed by atoms with Gasteiger partial charge >= 0.3 is 0 Å². The molecule has 0 atom stereocenters. The van der Waals surface area contributed by atoms with Crippen molar-refractivity contribution in [1.82, 2.24) is 0 Å². The topological polar surface area (TPSA) is 109 Å². The molecule has 8 heteroatoms. The third-order valence-corrected chi connectivity index (χ3v) is 2.48. The van der Waals surface area contributed by atoms with E-state index in [1.54, 1.807) is 0 Å². The molecule has 76 valence electrons. The van der Waals surface area contributed by atoms with Crippen LogP contribution in [-0.4, -0.2) is 8.42 Å².